The van der Waals surface area contributed by atoms with Gasteiger partial charge in [0.1, 0.15) is 13.2 Å². The highest BCUT2D eigenvalue weighted by atomic mass is 16.6. The first-order chi connectivity index (χ1) is 37.0. The average molecular weight is 1040 g/mol. The Bertz CT molecular complexity index is 1660. The smallest absolute Gasteiger partial charge is 0.306 e. The van der Waals surface area contributed by atoms with Gasteiger partial charge in [0.25, 0.3) is 0 Å². The molecule has 0 saturated carbocycles. The molecule has 0 heterocycles. The maximum absolute atomic E-state index is 12.8. The molecule has 0 saturated heterocycles. The third-order valence-electron chi connectivity index (χ3n) is 12.3. The maximum atomic E-state index is 12.8. The molecule has 6 nitrogen and oxygen atoms in total. The number of unbranched alkanes of at least 4 members (excludes halogenated alkanes) is 18. The third-order valence-corrected chi connectivity index (χ3v) is 12.3. The van der Waals surface area contributed by atoms with E-state index in [0.29, 0.717) is 25.7 Å². The zero-order valence-electron chi connectivity index (χ0n) is 48.3. The summed E-state index contributed by atoms with van der Waals surface area (Å²) in [7, 11) is 0. The molecule has 0 aliphatic carbocycles. The van der Waals surface area contributed by atoms with Crippen LogP contribution in [0.15, 0.2) is 146 Å². The van der Waals surface area contributed by atoms with E-state index in [4.69, 9.17) is 14.2 Å². The van der Waals surface area contributed by atoms with Crippen LogP contribution >= 0.6 is 0 Å². The molecule has 0 bridgehead atoms. The van der Waals surface area contributed by atoms with Gasteiger partial charge >= 0.3 is 17.9 Å². The highest BCUT2D eigenvalue weighted by molar-refractivity contribution is 5.71. The lowest BCUT2D eigenvalue weighted by Crippen LogP contribution is -2.30. The molecule has 0 amide bonds. The molecular weight excluding hydrogens is 925 g/mol. The predicted molar refractivity (Wildman–Crippen MR) is 325 cm³/mol. The highest BCUT2D eigenvalue weighted by Crippen LogP contribution is 2.13. The van der Waals surface area contributed by atoms with Crippen LogP contribution in [-0.4, -0.2) is 37.2 Å². The molecule has 422 valence electrons. The summed E-state index contributed by atoms with van der Waals surface area (Å²) >= 11 is 0. The van der Waals surface area contributed by atoms with E-state index in [9.17, 15) is 14.4 Å². The van der Waals surface area contributed by atoms with Gasteiger partial charge in [-0.1, -0.05) is 250 Å². The van der Waals surface area contributed by atoms with Crippen LogP contribution in [0.3, 0.4) is 0 Å². The van der Waals surface area contributed by atoms with Gasteiger partial charge in [-0.15, -0.1) is 0 Å². The molecule has 0 rings (SSSR count). The van der Waals surface area contributed by atoms with Crippen LogP contribution in [0.25, 0.3) is 0 Å². The number of rotatable bonds is 53. The number of carbonyl (C=O) groups excluding carboxylic acids is 3. The minimum Gasteiger partial charge on any atom is -0.462 e. The standard InChI is InChI=1S/C69H110O6/c1-4-7-10-13-16-18-20-22-24-26-27-28-29-30-31-32-33-34-35-36-37-38-39-40-41-43-44-46-48-50-53-56-59-62-68(71)74-65-66(64-73-67(70)61-58-55-52-15-12-9-6-3)75-69(72)63-60-57-54-51-49-47-45-42-25-23-21-19-17-14-11-8-5-2/h7,10,16-19,22-25,27-28,30-31,33-34,36-37,39-40,43-44,48,50,66H,4-6,8-9,11-15,20-21,26,29,32,35,38,41-42,45-47,49,51-65H2,1-3H3/b10-7-,18-16-,19-17-,24-22-,25-23-,28-27-,31-30-,34-33-,37-36-,40-39-,44-43-,50-48-. The van der Waals surface area contributed by atoms with E-state index in [1.54, 1.807) is 0 Å². The monoisotopic (exact) mass is 1030 g/mol. The lowest BCUT2D eigenvalue weighted by Gasteiger charge is -2.18. The van der Waals surface area contributed by atoms with Gasteiger partial charge in [0.2, 0.25) is 0 Å². The maximum Gasteiger partial charge on any atom is 0.306 e. The fraction of sp³-hybridized carbons (Fsp3) is 0.609. The zero-order chi connectivity index (χ0) is 54.3. The first-order valence-corrected chi connectivity index (χ1v) is 30.3. The Morgan fingerprint density at radius 2 is 0.520 bits per heavy atom. The van der Waals surface area contributed by atoms with Gasteiger partial charge in [-0.05, 0) is 128 Å². The SMILES string of the molecule is CC/C=C\C/C=C\C/C=C\C/C=C\C/C=C\C/C=C\C/C=C\C/C=C\C/C=C\C/C=C\CCCCC(=O)OCC(COC(=O)CCCCCCCCC)OC(=O)CCCCCCCCC/C=C\C/C=C\CCCCC. The van der Waals surface area contributed by atoms with Crippen molar-refractivity contribution in [2.75, 3.05) is 13.2 Å². The van der Waals surface area contributed by atoms with Crippen LogP contribution in [0, 0.1) is 0 Å². The van der Waals surface area contributed by atoms with Crippen LogP contribution in [-0.2, 0) is 28.6 Å². The van der Waals surface area contributed by atoms with Crippen molar-refractivity contribution < 1.29 is 28.6 Å². The summed E-state index contributed by atoms with van der Waals surface area (Å²) in [6.45, 7) is 6.40. The molecule has 0 aromatic heterocycles. The largest absolute Gasteiger partial charge is 0.462 e. The summed E-state index contributed by atoms with van der Waals surface area (Å²) in [6.07, 6.45) is 88.7. The molecule has 0 aromatic rings. The number of ether oxygens (including phenoxy) is 3. The van der Waals surface area contributed by atoms with Crippen LogP contribution in [0.5, 0.6) is 0 Å². The Morgan fingerprint density at radius 3 is 0.867 bits per heavy atom. The van der Waals surface area contributed by atoms with E-state index in [-0.39, 0.29) is 31.1 Å². The van der Waals surface area contributed by atoms with E-state index < -0.39 is 6.10 Å². The molecule has 75 heavy (non-hydrogen) atoms. The van der Waals surface area contributed by atoms with E-state index >= 15 is 0 Å². The Kier molecular flexibility index (Phi) is 58.0. The quantitative estimate of drug-likeness (QED) is 0.0261. The number of carbonyl (C=O) groups is 3. The molecule has 0 N–H and O–H groups in total. The van der Waals surface area contributed by atoms with Crippen LogP contribution < -0.4 is 0 Å². The molecule has 0 spiro atoms. The second-order valence-electron chi connectivity index (χ2n) is 19.5. The fourth-order valence-electron chi connectivity index (χ4n) is 7.79. The van der Waals surface area contributed by atoms with Gasteiger partial charge in [0.15, 0.2) is 6.10 Å². The first kappa shape index (κ1) is 70.3. The molecular formula is C69H110O6. The molecule has 0 fully saturated rings. The summed E-state index contributed by atoms with van der Waals surface area (Å²) in [4.78, 5) is 38.0. The highest BCUT2D eigenvalue weighted by Gasteiger charge is 2.19. The zero-order valence-corrected chi connectivity index (χ0v) is 48.3. The van der Waals surface area contributed by atoms with Gasteiger partial charge in [0, 0.05) is 19.3 Å². The number of hydrogen-bond donors (Lipinski definition) is 0. The van der Waals surface area contributed by atoms with Gasteiger partial charge in [-0.2, -0.15) is 0 Å². The lowest BCUT2D eigenvalue weighted by atomic mass is 10.1. The Morgan fingerprint density at radius 1 is 0.280 bits per heavy atom. The van der Waals surface area contributed by atoms with Crippen molar-refractivity contribution in [3.63, 3.8) is 0 Å². The first-order valence-electron chi connectivity index (χ1n) is 30.3. The molecule has 1 unspecified atom stereocenters. The molecule has 0 aliphatic heterocycles. The van der Waals surface area contributed by atoms with Gasteiger partial charge in [0.05, 0.1) is 0 Å². The summed E-state index contributed by atoms with van der Waals surface area (Å²) in [6, 6.07) is 0. The minimum absolute atomic E-state index is 0.0987. The minimum atomic E-state index is -0.803. The fourth-order valence-corrected chi connectivity index (χ4v) is 7.79. The van der Waals surface area contributed by atoms with E-state index in [0.717, 1.165) is 128 Å². The van der Waals surface area contributed by atoms with Crippen molar-refractivity contribution in [2.45, 2.75) is 258 Å². The normalized spacial score (nSPS) is 13.2. The van der Waals surface area contributed by atoms with Crippen LogP contribution in [0.4, 0.5) is 0 Å². The van der Waals surface area contributed by atoms with Crippen molar-refractivity contribution in [2.24, 2.45) is 0 Å². The van der Waals surface area contributed by atoms with E-state index in [1.165, 1.54) is 77.0 Å². The Labute approximate surface area is 461 Å². The Hall–Kier alpha value is -4.71. The van der Waals surface area contributed by atoms with Gasteiger partial charge in [-0.25, -0.2) is 0 Å². The van der Waals surface area contributed by atoms with Crippen molar-refractivity contribution in [1.29, 1.82) is 0 Å². The van der Waals surface area contributed by atoms with E-state index in [2.05, 4.69) is 167 Å². The topological polar surface area (TPSA) is 78.9 Å². The Balaban J connectivity index is 4.27. The van der Waals surface area contributed by atoms with Crippen molar-refractivity contribution >= 4 is 17.9 Å². The van der Waals surface area contributed by atoms with E-state index in [1.807, 2.05) is 0 Å². The summed E-state index contributed by atoms with van der Waals surface area (Å²) in [5.74, 6) is -0.964. The lowest BCUT2D eigenvalue weighted by molar-refractivity contribution is -0.167. The van der Waals surface area contributed by atoms with Gasteiger partial charge < -0.3 is 14.2 Å². The van der Waals surface area contributed by atoms with Crippen LogP contribution in [0.2, 0.25) is 0 Å². The van der Waals surface area contributed by atoms with Gasteiger partial charge in [-0.3, -0.25) is 14.4 Å². The second kappa shape index (κ2) is 61.8. The van der Waals surface area contributed by atoms with Crippen molar-refractivity contribution in [3.8, 4) is 0 Å². The second-order valence-corrected chi connectivity index (χ2v) is 19.5. The molecule has 0 radical (unpaired) electrons. The predicted octanol–water partition coefficient (Wildman–Crippen LogP) is 20.8. The number of hydrogen-bond acceptors (Lipinski definition) is 6. The van der Waals surface area contributed by atoms with Crippen LogP contribution in [0.1, 0.15) is 252 Å². The van der Waals surface area contributed by atoms with Crippen molar-refractivity contribution in [3.05, 3.63) is 146 Å². The van der Waals surface area contributed by atoms with Crippen molar-refractivity contribution in [1.82, 2.24) is 0 Å². The summed E-state index contributed by atoms with van der Waals surface area (Å²) < 4.78 is 16.7. The number of esters is 3. The number of allylic oxidation sites excluding steroid dienone is 24. The average Bonchev–Trinajstić information content (AvgIpc) is 3.41. The molecule has 0 aliphatic rings. The summed E-state index contributed by atoms with van der Waals surface area (Å²) in [5, 5.41) is 0. The summed E-state index contributed by atoms with van der Waals surface area (Å²) in [5.41, 5.74) is 0. The molecule has 1 atom stereocenters. The third kappa shape index (κ3) is 60.0. The molecule has 6 heteroatoms. The molecule has 0 aromatic carbocycles.